The van der Waals surface area contributed by atoms with E-state index in [9.17, 15) is 4.79 Å². The van der Waals surface area contributed by atoms with Crippen LogP contribution in [0.3, 0.4) is 0 Å². The van der Waals surface area contributed by atoms with Gasteiger partial charge in [-0.05, 0) is 30.7 Å². The number of pyridine rings is 1. The number of rotatable bonds is 5. The van der Waals surface area contributed by atoms with Crippen LogP contribution in [-0.2, 0) is 6.54 Å². The number of halogens is 1. The maximum absolute atomic E-state index is 12.8. The van der Waals surface area contributed by atoms with E-state index in [0.29, 0.717) is 29.5 Å². The molecule has 1 aromatic carbocycles. The zero-order valence-electron chi connectivity index (χ0n) is 13.3. The van der Waals surface area contributed by atoms with Crippen molar-refractivity contribution in [3.63, 3.8) is 0 Å². The summed E-state index contributed by atoms with van der Waals surface area (Å²) in [6.07, 6.45) is 6.74. The molecular weight excluding hydrogens is 324 g/mol. The van der Waals surface area contributed by atoms with Crippen molar-refractivity contribution in [2.45, 2.75) is 13.5 Å². The summed E-state index contributed by atoms with van der Waals surface area (Å²) in [4.78, 5) is 22.9. The molecule has 2 aromatic heterocycles. The molecule has 3 aromatic rings. The average Bonchev–Trinajstić information content (AvgIpc) is 3.15. The maximum atomic E-state index is 12.8. The molecule has 0 N–H and O–H groups in total. The van der Waals surface area contributed by atoms with E-state index in [1.807, 2.05) is 31.2 Å². The maximum Gasteiger partial charge on any atom is 0.254 e. The number of aromatic nitrogens is 3. The molecule has 0 atom stereocenters. The molecule has 0 aliphatic heterocycles. The van der Waals surface area contributed by atoms with Gasteiger partial charge in [0.25, 0.3) is 5.91 Å². The minimum absolute atomic E-state index is 0.0545. The van der Waals surface area contributed by atoms with Crippen molar-refractivity contribution < 1.29 is 4.79 Å². The van der Waals surface area contributed by atoms with E-state index in [2.05, 4.69) is 9.97 Å². The summed E-state index contributed by atoms with van der Waals surface area (Å²) in [5.41, 5.74) is 1.51. The molecule has 24 heavy (non-hydrogen) atoms. The molecule has 0 unspecified atom stereocenters. The van der Waals surface area contributed by atoms with Crippen LogP contribution in [0.15, 0.2) is 61.3 Å². The predicted octanol–water partition coefficient (Wildman–Crippen LogP) is 3.58. The second-order valence-corrected chi connectivity index (χ2v) is 5.69. The van der Waals surface area contributed by atoms with Gasteiger partial charge < -0.3 is 4.90 Å². The average molecular weight is 341 g/mol. The third-order valence-corrected chi connectivity index (χ3v) is 4.12. The summed E-state index contributed by atoms with van der Waals surface area (Å²) in [7, 11) is 0. The Labute approximate surface area is 145 Å². The van der Waals surface area contributed by atoms with Crippen LogP contribution in [0.5, 0.6) is 0 Å². The van der Waals surface area contributed by atoms with Gasteiger partial charge in [-0.1, -0.05) is 29.8 Å². The number of carbonyl (C=O) groups is 1. The van der Waals surface area contributed by atoms with E-state index >= 15 is 0 Å². The minimum Gasteiger partial charge on any atom is -0.335 e. The molecule has 0 spiro atoms. The van der Waals surface area contributed by atoms with Gasteiger partial charge in [-0.2, -0.15) is 0 Å². The molecule has 0 aliphatic rings. The van der Waals surface area contributed by atoms with Gasteiger partial charge in [0.15, 0.2) is 0 Å². The van der Waals surface area contributed by atoms with Crippen molar-refractivity contribution >= 4 is 17.5 Å². The van der Waals surface area contributed by atoms with Crippen molar-refractivity contribution in [1.82, 2.24) is 19.4 Å². The fraction of sp³-hybridized carbons (Fsp3) is 0.167. The number of amides is 1. The normalized spacial score (nSPS) is 10.6. The van der Waals surface area contributed by atoms with Crippen LogP contribution < -0.4 is 0 Å². The topological polar surface area (TPSA) is 51.0 Å². The standard InChI is InChI=1S/C18H17ClN4O/c1-2-22(12-15-5-3-4-6-16(15)19)18(24)14-7-8-21-17(11-14)23-10-9-20-13-23/h3-11,13H,2,12H2,1H3. The van der Waals surface area contributed by atoms with Crippen LogP contribution in [0.25, 0.3) is 5.82 Å². The molecule has 6 heteroatoms. The van der Waals surface area contributed by atoms with Gasteiger partial charge in [0.05, 0.1) is 0 Å². The third kappa shape index (κ3) is 3.46. The van der Waals surface area contributed by atoms with E-state index in [1.54, 1.807) is 46.5 Å². The quantitative estimate of drug-likeness (QED) is 0.713. The first kappa shape index (κ1) is 16.2. The summed E-state index contributed by atoms with van der Waals surface area (Å²) in [6.45, 7) is 3.01. The summed E-state index contributed by atoms with van der Waals surface area (Å²) < 4.78 is 1.77. The highest BCUT2D eigenvalue weighted by atomic mass is 35.5. The second-order valence-electron chi connectivity index (χ2n) is 5.28. The van der Waals surface area contributed by atoms with Crippen molar-refractivity contribution in [1.29, 1.82) is 0 Å². The van der Waals surface area contributed by atoms with Crippen molar-refractivity contribution in [2.75, 3.05) is 6.54 Å². The predicted molar refractivity (Wildman–Crippen MR) is 93.2 cm³/mol. The fourth-order valence-corrected chi connectivity index (χ4v) is 2.62. The number of benzene rings is 1. The molecule has 0 radical (unpaired) electrons. The Kier molecular flexibility index (Phi) is 4.91. The van der Waals surface area contributed by atoms with E-state index < -0.39 is 0 Å². The summed E-state index contributed by atoms with van der Waals surface area (Å²) >= 11 is 6.21. The number of carbonyl (C=O) groups excluding carboxylic acids is 1. The van der Waals surface area contributed by atoms with Gasteiger partial charge >= 0.3 is 0 Å². The Hall–Kier alpha value is -2.66. The highest BCUT2D eigenvalue weighted by molar-refractivity contribution is 6.31. The monoisotopic (exact) mass is 340 g/mol. The molecule has 2 heterocycles. The van der Waals surface area contributed by atoms with Gasteiger partial charge in [-0.15, -0.1) is 0 Å². The van der Waals surface area contributed by atoms with Gasteiger partial charge in [-0.3, -0.25) is 9.36 Å². The molecule has 5 nitrogen and oxygen atoms in total. The van der Waals surface area contributed by atoms with Gasteiger partial charge in [0, 0.05) is 42.3 Å². The lowest BCUT2D eigenvalue weighted by atomic mass is 10.1. The highest BCUT2D eigenvalue weighted by Gasteiger charge is 2.16. The minimum atomic E-state index is -0.0545. The van der Waals surface area contributed by atoms with E-state index in [4.69, 9.17) is 11.6 Å². The van der Waals surface area contributed by atoms with Crippen molar-refractivity contribution in [3.8, 4) is 5.82 Å². The Bertz CT molecular complexity index is 833. The molecule has 0 aliphatic carbocycles. The van der Waals surface area contributed by atoms with E-state index in [1.165, 1.54) is 0 Å². The second kappa shape index (κ2) is 7.27. The Balaban J connectivity index is 1.84. The Morgan fingerprint density at radius 2 is 2.08 bits per heavy atom. The van der Waals surface area contributed by atoms with Gasteiger partial charge in [0.2, 0.25) is 0 Å². The lowest BCUT2D eigenvalue weighted by Gasteiger charge is -2.22. The summed E-state index contributed by atoms with van der Waals surface area (Å²) in [5, 5.41) is 0.664. The molecule has 1 amide bonds. The number of hydrogen-bond acceptors (Lipinski definition) is 3. The molecular formula is C18H17ClN4O. The van der Waals surface area contributed by atoms with E-state index in [0.717, 1.165) is 5.56 Å². The van der Waals surface area contributed by atoms with Crippen LogP contribution >= 0.6 is 11.6 Å². The van der Waals surface area contributed by atoms with Gasteiger partial charge in [-0.25, -0.2) is 9.97 Å². The van der Waals surface area contributed by atoms with Crippen molar-refractivity contribution in [2.24, 2.45) is 0 Å². The molecule has 3 rings (SSSR count). The van der Waals surface area contributed by atoms with Crippen LogP contribution in [0.4, 0.5) is 0 Å². The first-order chi connectivity index (χ1) is 11.7. The third-order valence-electron chi connectivity index (χ3n) is 3.75. The number of hydrogen-bond donors (Lipinski definition) is 0. The Morgan fingerprint density at radius 3 is 2.79 bits per heavy atom. The zero-order chi connectivity index (χ0) is 16.9. The number of imidazole rings is 1. The lowest BCUT2D eigenvalue weighted by molar-refractivity contribution is 0.0752. The van der Waals surface area contributed by atoms with Crippen LogP contribution in [0, 0.1) is 0 Å². The molecule has 0 saturated heterocycles. The molecule has 0 saturated carbocycles. The SMILES string of the molecule is CCN(Cc1ccccc1Cl)C(=O)c1ccnc(-n2ccnc2)c1. The highest BCUT2D eigenvalue weighted by Crippen LogP contribution is 2.18. The molecule has 122 valence electrons. The lowest BCUT2D eigenvalue weighted by Crippen LogP contribution is -2.30. The number of nitrogens with zero attached hydrogens (tertiary/aromatic N) is 4. The Morgan fingerprint density at radius 1 is 1.25 bits per heavy atom. The summed E-state index contributed by atoms with van der Waals surface area (Å²) in [6, 6.07) is 11.0. The van der Waals surface area contributed by atoms with Crippen LogP contribution in [0.1, 0.15) is 22.8 Å². The van der Waals surface area contributed by atoms with Crippen LogP contribution in [0.2, 0.25) is 5.02 Å². The first-order valence-electron chi connectivity index (χ1n) is 7.66. The first-order valence-corrected chi connectivity index (χ1v) is 8.04. The molecule has 0 bridgehead atoms. The van der Waals surface area contributed by atoms with Gasteiger partial charge in [0.1, 0.15) is 12.1 Å². The largest absolute Gasteiger partial charge is 0.335 e. The summed E-state index contributed by atoms with van der Waals surface area (Å²) in [5.74, 6) is 0.605. The molecule has 0 fully saturated rings. The zero-order valence-corrected chi connectivity index (χ0v) is 14.0. The van der Waals surface area contributed by atoms with E-state index in [-0.39, 0.29) is 5.91 Å². The van der Waals surface area contributed by atoms with Crippen molar-refractivity contribution in [3.05, 3.63) is 77.5 Å². The smallest absolute Gasteiger partial charge is 0.254 e. The fourth-order valence-electron chi connectivity index (χ4n) is 2.43. The van der Waals surface area contributed by atoms with Crippen LogP contribution in [-0.4, -0.2) is 31.9 Å².